The number of ketones is 1. The van der Waals surface area contributed by atoms with E-state index in [1.54, 1.807) is 7.11 Å². The van der Waals surface area contributed by atoms with Crippen LogP contribution in [0.4, 0.5) is 0 Å². The summed E-state index contributed by atoms with van der Waals surface area (Å²) in [5.41, 5.74) is 2.46. The zero-order valence-electron chi connectivity index (χ0n) is 13.5. The quantitative estimate of drug-likeness (QED) is 0.460. The molecule has 0 saturated carbocycles. The first-order chi connectivity index (χ1) is 10.1. The summed E-state index contributed by atoms with van der Waals surface area (Å²) in [4.78, 5) is 11.9. The molecule has 0 spiro atoms. The zero-order chi connectivity index (χ0) is 15.7. The Bertz CT molecular complexity index is 443. The molecule has 0 amide bonds. The molecule has 6 nitrogen and oxygen atoms in total. The average Bonchev–Trinajstić information content (AvgIpc) is 2.75. The van der Waals surface area contributed by atoms with Gasteiger partial charge >= 0.3 is 0 Å². The number of hydrogen-bond acceptors (Lipinski definition) is 5. The molecule has 1 heterocycles. The van der Waals surface area contributed by atoms with Gasteiger partial charge in [0.05, 0.1) is 50.8 Å². The van der Waals surface area contributed by atoms with Gasteiger partial charge in [0.15, 0.2) is 5.78 Å². The van der Waals surface area contributed by atoms with Crippen molar-refractivity contribution in [1.82, 2.24) is 9.78 Å². The number of hydrogen-bond donors (Lipinski definition) is 0. The van der Waals surface area contributed by atoms with Crippen molar-refractivity contribution in [2.45, 2.75) is 33.7 Å². The number of aryl methyl sites for hydroxylation is 1. The predicted octanol–water partition coefficient (Wildman–Crippen LogP) is 1.77. The van der Waals surface area contributed by atoms with Crippen LogP contribution in [-0.2, 0) is 20.8 Å². The molecule has 0 aliphatic heterocycles. The van der Waals surface area contributed by atoms with Crippen molar-refractivity contribution in [3.63, 3.8) is 0 Å². The van der Waals surface area contributed by atoms with Gasteiger partial charge in [-0.05, 0) is 13.8 Å². The highest BCUT2D eigenvalue weighted by molar-refractivity contribution is 5.97. The first kappa shape index (κ1) is 17.8. The van der Waals surface area contributed by atoms with Gasteiger partial charge in [0.2, 0.25) is 0 Å². The Morgan fingerprint density at radius 2 is 1.71 bits per heavy atom. The molecule has 6 heteroatoms. The molecule has 1 aromatic heterocycles. The second-order valence-corrected chi connectivity index (χ2v) is 4.76. The van der Waals surface area contributed by atoms with Gasteiger partial charge in [0.1, 0.15) is 0 Å². The molecular formula is C15H26N2O4. The Labute approximate surface area is 126 Å². The van der Waals surface area contributed by atoms with Crippen LogP contribution in [0.2, 0.25) is 0 Å². The molecular weight excluding hydrogens is 272 g/mol. The lowest BCUT2D eigenvalue weighted by Gasteiger charge is -2.07. The predicted molar refractivity (Wildman–Crippen MR) is 79.8 cm³/mol. The van der Waals surface area contributed by atoms with Crippen LogP contribution in [0, 0.1) is 13.8 Å². The lowest BCUT2D eigenvalue weighted by molar-refractivity contribution is 0.0224. The van der Waals surface area contributed by atoms with Gasteiger partial charge in [-0.25, -0.2) is 0 Å². The Hall–Kier alpha value is -1.24. The first-order valence-electron chi connectivity index (χ1n) is 7.33. The summed E-state index contributed by atoms with van der Waals surface area (Å²) in [5, 5.41) is 4.41. The molecule has 1 rings (SSSR count). The van der Waals surface area contributed by atoms with Crippen molar-refractivity contribution in [2.75, 3.05) is 40.1 Å². The minimum Gasteiger partial charge on any atom is -0.382 e. The van der Waals surface area contributed by atoms with E-state index in [9.17, 15) is 4.79 Å². The maximum Gasteiger partial charge on any atom is 0.166 e. The lowest BCUT2D eigenvalue weighted by atomic mass is 10.1. The van der Waals surface area contributed by atoms with Crippen molar-refractivity contribution in [2.24, 2.45) is 0 Å². The van der Waals surface area contributed by atoms with E-state index in [2.05, 4.69) is 5.10 Å². The molecule has 1 aromatic rings. The van der Waals surface area contributed by atoms with Crippen LogP contribution in [0.1, 0.15) is 35.1 Å². The first-order valence-corrected chi connectivity index (χ1v) is 7.33. The second-order valence-electron chi connectivity index (χ2n) is 4.76. The van der Waals surface area contributed by atoms with Crippen LogP contribution >= 0.6 is 0 Å². The lowest BCUT2D eigenvalue weighted by Crippen LogP contribution is -2.13. The van der Waals surface area contributed by atoms with Crippen molar-refractivity contribution < 1.29 is 19.0 Å². The van der Waals surface area contributed by atoms with Crippen LogP contribution in [0.25, 0.3) is 0 Å². The minimum absolute atomic E-state index is 0.142. The van der Waals surface area contributed by atoms with Crippen molar-refractivity contribution in [3.05, 3.63) is 17.0 Å². The molecule has 0 aliphatic rings. The van der Waals surface area contributed by atoms with Gasteiger partial charge in [-0.1, -0.05) is 6.92 Å². The summed E-state index contributed by atoms with van der Waals surface area (Å²) < 4.78 is 17.5. The SMILES string of the molecule is CCC(=O)c1c(C)nn(CCOCCOCCOC)c1C. The molecule has 0 atom stereocenters. The Morgan fingerprint density at radius 1 is 1.10 bits per heavy atom. The van der Waals surface area contributed by atoms with Gasteiger partial charge in [0.25, 0.3) is 0 Å². The molecule has 0 aromatic carbocycles. The van der Waals surface area contributed by atoms with Crippen LogP contribution < -0.4 is 0 Å². The van der Waals surface area contributed by atoms with E-state index in [4.69, 9.17) is 14.2 Å². The smallest absolute Gasteiger partial charge is 0.166 e. The number of carbonyl (C=O) groups excluding carboxylic acids is 1. The molecule has 120 valence electrons. The summed E-state index contributed by atoms with van der Waals surface area (Å²) in [5.74, 6) is 0.142. The van der Waals surface area contributed by atoms with E-state index < -0.39 is 0 Å². The number of Topliss-reactive ketones (excluding diaryl/α,β-unsaturated/α-hetero) is 1. The number of rotatable bonds is 11. The Kier molecular flexibility index (Phi) is 8.19. The summed E-state index contributed by atoms with van der Waals surface area (Å²) >= 11 is 0. The molecule has 0 unspecified atom stereocenters. The number of carbonyl (C=O) groups is 1. The molecule has 21 heavy (non-hydrogen) atoms. The van der Waals surface area contributed by atoms with Crippen LogP contribution in [0.15, 0.2) is 0 Å². The number of methoxy groups -OCH3 is 1. The highest BCUT2D eigenvalue weighted by Crippen LogP contribution is 2.15. The topological polar surface area (TPSA) is 62.6 Å². The van der Waals surface area contributed by atoms with Crippen LogP contribution in [0.5, 0.6) is 0 Å². The fourth-order valence-corrected chi connectivity index (χ4v) is 2.11. The number of ether oxygens (including phenoxy) is 3. The standard InChI is InChI=1S/C15H26N2O4/c1-5-14(18)15-12(2)16-17(13(15)3)6-7-20-10-11-21-9-8-19-4/h5-11H2,1-4H3. The van der Waals surface area contributed by atoms with Gasteiger partial charge in [-0.3, -0.25) is 9.48 Å². The van der Waals surface area contributed by atoms with Crippen molar-refractivity contribution in [3.8, 4) is 0 Å². The van der Waals surface area contributed by atoms with Crippen molar-refractivity contribution in [1.29, 1.82) is 0 Å². The van der Waals surface area contributed by atoms with E-state index in [0.29, 0.717) is 46.0 Å². The highest BCUT2D eigenvalue weighted by atomic mass is 16.5. The zero-order valence-corrected chi connectivity index (χ0v) is 13.5. The van der Waals surface area contributed by atoms with E-state index in [1.165, 1.54) is 0 Å². The third-order valence-electron chi connectivity index (χ3n) is 3.23. The fourth-order valence-electron chi connectivity index (χ4n) is 2.11. The number of nitrogens with zero attached hydrogens (tertiary/aromatic N) is 2. The molecule has 0 radical (unpaired) electrons. The van der Waals surface area contributed by atoms with E-state index in [-0.39, 0.29) is 5.78 Å². The molecule has 0 saturated heterocycles. The fraction of sp³-hybridized carbons (Fsp3) is 0.733. The van der Waals surface area contributed by atoms with E-state index in [1.807, 2.05) is 25.5 Å². The summed E-state index contributed by atoms with van der Waals surface area (Å²) in [6.07, 6.45) is 0.503. The summed E-state index contributed by atoms with van der Waals surface area (Å²) in [6, 6.07) is 0. The third-order valence-corrected chi connectivity index (χ3v) is 3.23. The van der Waals surface area contributed by atoms with Gasteiger partial charge in [-0.2, -0.15) is 5.10 Å². The van der Waals surface area contributed by atoms with Gasteiger partial charge in [0, 0.05) is 19.2 Å². The largest absolute Gasteiger partial charge is 0.382 e. The highest BCUT2D eigenvalue weighted by Gasteiger charge is 2.16. The molecule has 0 N–H and O–H groups in total. The monoisotopic (exact) mass is 298 g/mol. The number of aromatic nitrogens is 2. The summed E-state index contributed by atoms with van der Waals surface area (Å²) in [7, 11) is 1.64. The van der Waals surface area contributed by atoms with Gasteiger partial charge in [-0.15, -0.1) is 0 Å². The van der Waals surface area contributed by atoms with E-state index in [0.717, 1.165) is 17.0 Å². The molecule has 0 aliphatic carbocycles. The Morgan fingerprint density at radius 3 is 2.33 bits per heavy atom. The van der Waals surface area contributed by atoms with Crippen molar-refractivity contribution >= 4 is 5.78 Å². The molecule has 0 bridgehead atoms. The second kappa shape index (κ2) is 9.65. The summed E-state index contributed by atoms with van der Waals surface area (Å²) in [6.45, 7) is 9.14. The average molecular weight is 298 g/mol. The van der Waals surface area contributed by atoms with Crippen LogP contribution in [-0.4, -0.2) is 55.7 Å². The minimum atomic E-state index is 0.142. The Balaban J connectivity index is 2.31. The third kappa shape index (κ3) is 5.57. The van der Waals surface area contributed by atoms with E-state index >= 15 is 0 Å². The molecule has 0 fully saturated rings. The maximum absolute atomic E-state index is 11.9. The van der Waals surface area contributed by atoms with Gasteiger partial charge < -0.3 is 14.2 Å². The normalized spacial score (nSPS) is 11.0. The van der Waals surface area contributed by atoms with Crippen LogP contribution in [0.3, 0.4) is 0 Å². The maximum atomic E-state index is 11.9.